The van der Waals surface area contributed by atoms with Crippen LogP contribution in [0.15, 0.2) is 28.7 Å². The van der Waals surface area contributed by atoms with E-state index in [9.17, 15) is 0 Å². The summed E-state index contributed by atoms with van der Waals surface area (Å²) in [6.45, 7) is -0.198. The molecule has 5 nitrogen and oxygen atoms in total. The van der Waals surface area contributed by atoms with Gasteiger partial charge >= 0.3 is 0 Å². The van der Waals surface area contributed by atoms with Gasteiger partial charge in [-0.3, -0.25) is 0 Å². The van der Waals surface area contributed by atoms with Crippen molar-refractivity contribution in [3.63, 3.8) is 0 Å². The van der Waals surface area contributed by atoms with Crippen molar-refractivity contribution in [1.29, 1.82) is 0 Å². The van der Waals surface area contributed by atoms with Crippen molar-refractivity contribution in [2.45, 2.75) is 6.61 Å². The third-order valence-corrected chi connectivity index (χ3v) is 2.18. The Bertz CT molecular complexity index is 425. The highest BCUT2D eigenvalue weighted by Gasteiger charge is 2.02. The fourth-order valence-electron chi connectivity index (χ4n) is 0.990. The molecule has 0 saturated heterocycles. The maximum absolute atomic E-state index is 8.76. The Morgan fingerprint density at radius 2 is 2.00 bits per heavy atom. The molecule has 0 aliphatic rings. The summed E-state index contributed by atoms with van der Waals surface area (Å²) in [5.74, 6) is 0.313. The van der Waals surface area contributed by atoms with Crippen molar-refractivity contribution in [3.05, 3.63) is 34.6 Å². The van der Waals surface area contributed by atoms with Gasteiger partial charge in [0.2, 0.25) is 5.82 Å². The Balaban J connectivity index is 2.34. The van der Waals surface area contributed by atoms with E-state index >= 15 is 0 Å². The summed E-state index contributed by atoms with van der Waals surface area (Å²) in [6, 6.07) is 7.48. The quantitative estimate of drug-likeness (QED) is 0.866. The SMILES string of the molecule is OCc1nnn(-c2ccc(Br)cc2)n1. The topological polar surface area (TPSA) is 63.8 Å². The van der Waals surface area contributed by atoms with E-state index in [4.69, 9.17) is 5.11 Å². The third-order valence-electron chi connectivity index (χ3n) is 1.65. The first kappa shape index (κ1) is 9.29. The second kappa shape index (κ2) is 3.85. The zero-order chi connectivity index (χ0) is 9.97. The minimum atomic E-state index is -0.198. The predicted octanol–water partition coefficient (Wildman–Crippen LogP) is 0.917. The molecule has 6 heteroatoms. The number of benzene rings is 1. The van der Waals surface area contributed by atoms with E-state index in [1.807, 2.05) is 24.3 Å². The Kier molecular flexibility index (Phi) is 2.55. The summed E-state index contributed by atoms with van der Waals surface area (Å²) in [4.78, 5) is 1.37. The molecule has 0 saturated carbocycles. The largest absolute Gasteiger partial charge is 0.388 e. The van der Waals surface area contributed by atoms with Crippen LogP contribution in [0.1, 0.15) is 5.82 Å². The zero-order valence-electron chi connectivity index (χ0n) is 7.13. The molecule has 1 heterocycles. The van der Waals surface area contributed by atoms with E-state index in [0.29, 0.717) is 5.82 Å². The summed E-state index contributed by atoms with van der Waals surface area (Å²) in [5, 5.41) is 20.2. The lowest BCUT2D eigenvalue weighted by molar-refractivity contribution is 0.271. The van der Waals surface area contributed by atoms with Crippen LogP contribution in [0.4, 0.5) is 0 Å². The molecule has 1 aromatic carbocycles. The lowest BCUT2D eigenvalue weighted by Crippen LogP contribution is -1.98. The molecule has 0 bridgehead atoms. The molecule has 0 unspecified atom stereocenters. The molecule has 2 aromatic rings. The number of aromatic nitrogens is 4. The number of halogens is 1. The molecule has 0 spiro atoms. The van der Waals surface area contributed by atoms with Gasteiger partial charge in [0.25, 0.3) is 0 Å². The summed E-state index contributed by atoms with van der Waals surface area (Å²) in [7, 11) is 0. The first-order chi connectivity index (χ1) is 6.79. The van der Waals surface area contributed by atoms with Crippen LogP contribution in [-0.4, -0.2) is 25.3 Å². The molecular formula is C8H7BrN4O. The Morgan fingerprint density at radius 1 is 1.29 bits per heavy atom. The highest BCUT2D eigenvalue weighted by Crippen LogP contribution is 2.12. The van der Waals surface area contributed by atoms with E-state index in [-0.39, 0.29) is 6.61 Å². The van der Waals surface area contributed by atoms with Gasteiger partial charge in [-0.2, -0.15) is 0 Å². The van der Waals surface area contributed by atoms with Crippen LogP contribution >= 0.6 is 15.9 Å². The standard InChI is InChI=1S/C8H7BrN4O/c9-6-1-3-7(4-2-6)13-11-8(5-14)10-12-13/h1-4,14H,5H2. The lowest BCUT2D eigenvalue weighted by atomic mass is 10.3. The van der Waals surface area contributed by atoms with Gasteiger partial charge in [0.15, 0.2) is 0 Å². The average molecular weight is 255 g/mol. The number of aliphatic hydroxyl groups excluding tert-OH is 1. The van der Waals surface area contributed by atoms with Crippen LogP contribution in [0.2, 0.25) is 0 Å². The van der Waals surface area contributed by atoms with Gasteiger partial charge in [-0.05, 0) is 29.5 Å². The van der Waals surface area contributed by atoms with Gasteiger partial charge in [0, 0.05) is 4.47 Å². The van der Waals surface area contributed by atoms with Gasteiger partial charge in [-0.1, -0.05) is 15.9 Å². The summed E-state index contributed by atoms with van der Waals surface area (Å²) in [5.41, 5.74) is 0.806. The summed E-state index contributed by atoms with van der Waals surface area (Å²) >= 11 is 3.33. The van der Waals surface area contributed by atoms with E-state index in [2.05, 4.69) is 31.3 Å². The molecule has 1 aromatic heterocycles. The second-order valence-electron chi connectivity index (χ2n) is 2.63. The molecule has 14 heavy (non-hydrogen) atoms. The van der Waals surface area contributed by atoms with E-state index < -0.39 is 0 Å². The normalized spacial score (nSPS) is 10.4. The fourth-order valence-corrected chi connectivity index (χ4v) is 1.25. The van der Waals surface area contributed by atoms with Crippen LogP contribution in [0.5, 0.6) is 0 Å². The van der Waals surface area contributed by atoms with Crippen LogP contribution in [0.3, 0.4) is 0 Å². The van der Waals surface area contributed by atoms with Crippen LogP contribution < -0.4 is 0 Å². The minimum Gasteiger partial charge on any atom is -0.388 e. The van der Waals surface area contributed by atoms with E-state index in [1.54, 1.807) is 0 Å². The summed E-state index contributed by atoms with van der Waals surface area (Å²) < 4.78 is 0.990. The fraction of sp³-hybridized carbons (Fsp3) is 0.125. The molecule has 0 atom stereocenters. The van der Waals surface area contributed by atoms with Gasteiger partial charge in [-0.25, -0.2) is 0 Å². The molecule has 0 radical (unpaired) electrons. The molecular weight excluding hydrogens is 248 g/mol. The van der Waals surface area contributed by atoms with Crippen LogP contribution in [0, 0.1) is 0 Å². The maximum atomic E-state index is 8.76. The Labute approximate surface area is 88.5 Å². The van der Waals surface area contributed by atoms with Crippen molar-refractivity contribution in [2.75, 3.05) is 0 Å². The van der Waals surface area contributed by atoms with E-state index in [0.717, 1.165) is 10.2 Å². The van der Waals surface area contributed by atoms with Crippen molar-refractivity contribution < 1.29 is 5.11 Å². The highest BCUT2D eigenvalue weighted by molar-refractivity contribution is 9.10. The van der Waals surface area contributed by atoms with Crippen LogP contribution in [0.25, 0.3) is 5.69 Å². The average Bonchev–Trinajstić information content (AvgIpc) is 2.67. The minimum absolute atomic E-state index is 0.198. The number of aliphatic hydroxyl groups is 1. The van der Waals surface area contributed by atoms with Crippen LogP contribution in [-0.2, 0) is 6.61 Å². The number of rotatable bonds is 2. The number of hydrogen-bond acceptors (Lipinski definition) is 4. The van der Waals surface area contributed by atoms with E-state index in [1.165, 1.54) is 4.80 Å². The predicted molar refractivity (Wildman–Crippen MR) is 52.8 cm³/mol. The van der Waals surface area contributed by atoms with Crippen molar-refractivity contribution in [1.82, 2.24) is 20.2 Å². The number of tetrazole rings is 1. The number of hydrogen-bond donors (Lipinski definition) is 1. The smallest absolute Gasteiger partial charge is 0.200 e. The van der Waals surface area contributed by atoms with Crippen molar-refractivity contribution >= 4 is 15.9 Å². The van der Waals surface area contributed by atoms with Gasteiger partial charge in [-0.15, -0.1) is 15.0 Å². The third kappa shape index (κ3) is 1.80. The second-order valence-corrected chi connectivity index (χ2v) is 3.55. The molecule has 1 N–H and O–H groups in total. The number of nitrogens with zero attached hydrogens (tertiary/aromatic N) is 4. The maximum Gasteiger partial charge on any atom is 0.200 e. The monoisotopic (exact) mass is 254 g/mol. The zero-order valence-corrected chi connectivity index (χ0v) is 8.72. The molecule has 0 aliphatic carbocycles. The van der Waals surface area contributed by atoms with Gasteiger partial charge in [0.05, 0.1) is 5.69 Å². The Morgan fingerprint density at radius 3 is 2.57 bits per heavy atom. The highest BCUT2D eigenvalue weighted by atomic mass is 79.9. The molecule has 72 valence electrons. The Hall–Kier alpha value is -1.27. The molecule has 2 rings (SSSR count). The van der Waals surface area contributed by atoms with Gasteiger partial charge < -0.3 is 5.11 Å². The first-order valence-corrected chi connectivity index (χ1v) is 4.74. The van der Waals surface area contributed by atoms with Crippen molar-refractivity contribution in [2.24, 2.45) is 0 Å². The first-order valence-electron chi connectivity index (χ1n) is 3.95. The lowest BCUT2D eigenvalue weighted by Gasteiger charge is -1.96. The van der Waals surface area contributed by atoms with Gasteiger partial charge in [0.1, 0.15) is 6.61 Å². The molecule has 0 aliphatic heterocycles. The summed E-state index contributed by atoms with van der Waals surface area (Å²) in [6.07, 6.45) is 0. The van der Waals surface area contributed by atoms with Crippen molar-refractivity contribution in [3.8, 4) is 5.69 Å². The molecule has 0 amide bonds. The molecule has 0 fully saturated rings.